The minimum atomic E-state index is -4.43. The summed E-state index contributed by atoms with van der Waals surface area (Å²) in [6.07, 6.45) is -4.75. The topological polar surface area (TPSA) is 49.8 Å². The van der Waals surface area contributed by atoms with Gasteiger partial charge in [-0.25, -0.2) is 4.79 Å². The number of amides is 1. The first-order valence-electron chi connectivity index (χ1n) is 8.14. The van der Waals surface area contributed by atoms with E-state index < -0.39 is 23.4 Å². The Bertz CT molecular complexity index is 762. The lowest BCUT2D eigenvalue weighted by Crippen LogP contribution is -2.34. The second kappa shape index (κ2) is 6.99. The van der Waals surface area contributed by atoms with Gasteiger partial charge in [0.25, 0.3) is 0 Å². The normalized spacial score (nSPS) is 20.2. The van der Waals surface area contributed by atoms with Crippen LogP contribution >= 0.6 is 0 Å². The zero-order valence-corrected chi connectivity index (χ0v) is 13.9. The molecule has 0 saturated carbocycles. The fraction of sp³-hybridized carbons (Fsp3) is 0.316. The molecule has 3 rings (SSSR count). The third-order valence-electron chi connectivity index (χ3n) is 4.46. The predicted molar refractivity (Wildman–Crippen MR) is 88.2 cm³/mol. The number of halogens is 3. The Morgan fingerprint density at radius 2 is 1.77 bits per heavy atom. The number of ether oxygens (including phenoxy) is 1. The summed E-state index contributed by atoms with van der Waals surface area (Å²) in [6, 6.07) is 13.6. The molecule has 0 spiro atoms. The molecule has 1 aliphatic rings. The van der Waals surface area contributed by atoms with E-state index in [4.69, 9.17) is 4.74 Å². The molecule has 0 bridgehead atoms. The van der Waals surface area contributed by atoms with Crippen LogP contribution < -0.4 is 0 Å². The Morgan fingerprint density at radius 1 is 1.12 bits per heavy atom. The maximum atomic E-state index is 12.7. The van der Waals surface area contributed by atoms with Crippen molar-refractivity contribution in [3.63, 3.8) is 0 Å². The molecule has 138 valence electrons. The number of likely N-dealkylation sites (tertiary alicyclic amines) is 1. The van der Waals surface area contributed by atoms with Gasteiger partial charge in [-0.1, -0.05) is 42.5 Å². The molecule has 1 atom stereocenters. The van der Waals surface area contributed by atoms with Gasteiger partial charge in [0, 0.05) is 6.54 Å². The van der Waals surface area contributed by atoms with E-state index in [1.807, 2.05) is 30.3 Å². The van der Waals surface area contributed by atoms with Crippen LogP contribution in [0, 0.1) is 0 Å². The molecule has 0 radical (unpaired) electrons. The first-order valence-corrected chi connectivity index (χ1v) is 8.14. The number of carbonyl (C=O) groups is 1. The number of aliphatic hydroxyl groups is 1. The van der Waals surface area contributed by atoms with Crippen LogP contribution in [-0.4, -0.2) is 29.2 Å². The molecular weight excluding hydrogens is 347 g/mol. The fourth-order valence-electron chi connectivity index (χ4n) is 2.97. The summed E-state index contributed by atoms with van der Waals surface area (Å²) in [5, 5.41) is 10.7. The van der Waals surface area contributed by atoms with Gasteiger partial charge in [0.05, 0.1) is 12.1 Å². The number of β-amino-alcohol motifs (C(OH)–C–C–N with tert-alkyl or cyclic N) is 1. The van der Waals surface area contributed by atoms with Crippen LogP contribution in [0.1, 0.15) is 23.1 Å². The molecule has 0 aromatic heterocycles. The van der Waals surface area contributed by atoms with Gasteiger partial charge >= 0.3 is 12.3 Å². The molecule has 1 N–H and O–H groups in total. The average molecular weight is 365 g/mol. The third-order valence-corrected chi connectivity index (χ3v) is 4.46. The van der Waals surface area contributed by atoms with Gasteiger partial charge in [-0.2, -0.15) is 13.2 Å². The van der Waals surface area contributed by atoms with Crippen LogP contribution in [0.15, 0.2) is 54.6 Å². The van der Waals surface area contributed by atoms with E-state index in [0.29, 0.717) is 5.56 Å². The van der Waals surface area contributed by atoms with Crippen molar-refractivity contribution >= 4 is 6.09 Å². The van der Waals surface area contributed by atoms with Gasteiger partial charge in [-0.3, -0.25) is 0 Å². The van der Waals surface area contributed by atoms with Crippen LogP contribution in [0.4, 0.5) is 18.0 Å². The molecule has 1 saturated heterocycles. The zero-order valence-electron chi connectivity index (χ0n) is 13.9. The smallest absolute Gasteiger partial charge is 0.416 e. The van der Waals surface area contributed by atoms with Crippen molar-refractivity contribution in [2.45, 2.75) is 24.8 Å². The second-order valence-corrected chi connectivity index (χ2v) is 6.32. The number of alkyl halides is 3. The van der Waals surface area contributed by atoms with Gasteiger partial charge < -0.3 is 14.7 Å². The van der Waals surface area contributed by atoms with E-state index >= 15 is 0 Å². The van der Waals surface area contributed by atoms with E-state index in [1.165, 1.54) is 17.0 Å². The standard InChI is InChI=1S/C19H18F3NO3/c20-19(21,22)16-8-6-15(7-9-16)18(25)10-11-23(13-18)17(24)26-12-14-4-2-1-3-5-14/h1-9,25H,10-13H2. The first kappa shape index (κ1) is 18.3. The molecule has 4 nitrogen and oxygen atoms in total. The highest BCUT2D eigenvalue weighted by molar-refractivity contribution is 5.68. The summed E-state index contributed by atoms with van der Waals surface area (Å²) in [5.41, 5.74) is -0.959. The van der Waals surface area contributed by atoms with Crippen LogP contribution in [0.5, 0.6) is 0 Å². The quantitative estimate of drug-likeness (QED) is 0.897. The van der Waals surface area contributed by atoms with Crippen molar-refractivity contribution in [1.82, 2.24) is 4.90 Å². The highest BCUT2D eigenvalue weighted by atomic mass is 19.4. The Morgan fingerprint density at radius 3 is 2.38 bits per heavy atom. The second-order valence-electron chi connectivity index (χ2n) is 6.32. The number of benzene rings is 2. The van der Waals surface area contributed by atoms with Crippen LogP contribution in [0.2, 0.25) is 0 Å². The Hall–Kier alpha value is -2.54. The predicted octanol–water partition coefficient (Wildman–Crippen LogP) is 3.94. The molecular formula is C19H18F3NO3. The van der Waals surface area contributed by atoms with Crippen LogP contribution in [0.25, 0.3) is 0 Å². The van der Waals surface area contributed by atoms with Crippen molar-refractivity contribution < 1.29 is 27.8 Å². The van der Waals surface area contributed by atoms with Gasteiger partial charge in [-0.05, 0) is 29.7 Å². The molecule has 2 aromatic carbocycles. The molecule has 1 fully saturated rings. The number of carbonyl (C=O) groups excluding carboxylic acids is 1. The summed E-state index contributed by atoms with van der Waals surface area (Å²) >= 11 is 0. The molecule has 1 amide bonds. The van der Waals surface area contributed by atoms with Crippen molar-refractivity contribution in [3.8, 4) is 0 Å². The number of nitrogens with zero attached hydrogens (tertiary/aromatic N) is 1. The van der Waals surface area contributed by atoms with Gasteiger partial charge in [-0.15, -0.1) is 0 Å². The molecule has 26 heavy (non-hydrogen) atoms. The molecule has 0 aliphatic carbocycles. The highest BCUT2D eigenvalue weighted by Gasteiger charge is 2.41. The lowest BCUT2D eigenvalue weighted by Gasteiger charge is -2.24. The summed E-state index contributed by atoms with van der Waals surface area (Å²) < 4.78 is 43.2. The highest BCUT2D eigenvalue weighted by Crippen LogP contribution is 2.35. The lowest BCUT2D eigenvalue weighted by atomic mass is 9.92. The number of hydrogen-bond acceptors (Lipinski definition) is 3. The number of hydrogen-bond donors (Lipinski definition) is 1. The minimum Gasteiger partial charge on any atom is -0.445 e. The maximum absolute atomic E-state index is 12.7. The minimum absolute atomic E-state index is 0.0218. The molecule has 7 heteroatoms. The third kappa shape index (κ3) is 3.99. The van der Waals surface area contributed by atoms with Crippen LogP contribution in [0.3, 0.4) is 0 Å². The Kier molecular flexibility index (Phi) is 4.91. The van der Waals surface area contributed by atoms with Gasteiger partial charge in [0.2, 0.25) is 0 Å². The largest absolute Gasteiger partial charge is 0.445 e. The SMILES string of the molecule is O=C(OCc1ccccc1)N1CCC(O)(c2ccc(C(F)(F)F)cc2)C1. The Labute approximate surface area is 148 Å². The zero-order chi connectivity index (χ0) is 18.8. The monoisotopic (exact) mass is 365 g/mol. The summed E-state index contributed by atoms with van der Waals surface area (Å²) in [7, 11) is 0. The van der Waals surface area contributed by atoms with Crippen molar-refractivity contribution in [1.29, 1.82) is 0 Å². The van der Waals surface area contributed by atoms with E-state index in [2.05, 4.69) is 0 Å². The Balaban J connectivity index is 1.62. The molecule has 1 unspecified atom stereocenters. The van der Waals surface area contributed by atoms with E-state index in [9.17, 15) is 23.1 Å². The van der Waals surface area contributed by atoms with E-state index in [-0.39, 0.29) is 26.1 Å². The molecule has 1 aliphatic heterocycles. The number of rotatable bonds is 3. The summed E-state index contributed by atoms with van der Waals surface area (Å²) in [4.78, 5) is 13.5. The van der Waals surface area contributed by atoms with E-state index in [1.54, 1.807) is 0 Å². The fourth-order valence-corrected chi connectivity index (χ4v) is 2.97. The maximum Gasteiger partial charge on any atom is 0.416 e. The molecule has 2 aromatic rings. The van der Waals surface area contributed by atoms with E-state index in [0.717, 1.165) is 17.7 Å². The first-order chi connectivity index (χ1) is 12.3. The summed E-state index contributed by atoms with van der Waals surface area (Å²) in [5.74, 6) is 0. The van der Waals surface area contributed by atoms with Crippen molar-refractivity contribution in [2.24, 2.45) is 0 Å². The molecule has 1 heterocycles. The summed E-state index contributed by atoms with van der Waals surface area (Å²) in [6.45, 7) is 0.367. The average Bonchev–Trinajstić information content (AvgIpc) is 3.04. The lowest BCUT2D eigenvalue weighted by molar-refractivity contribution is -0.137. The van der Waals surface area contributed by atoms with Crippen molar-refractivity contribution in [3.05, 3.63) is 71.3 Å². The van der Waals surface area contributed by atoms with Gasteiger partial charge in [0.15, 0.2) is 0 Å². The van der Waals surface area contributed by atoms with Crippen molar-refractivity contribution in [2.75, 3.05) is 13.1 Å². The van der Waals surface area contributed by atoms with Crippen LogP contribution in [-0.2, 0) is 23.1 Å². The van der Waals surface area contributed by atoms with Gasteiger partial charge in [0.1, 0.15) is 12.2 Å².